The van der Waals surface area contributed by atoms with Gasteiger partial charge >= 0.3 is 0 Å². The van der Waals surface area contributed by atoms with E-state index in [9.17, 15) is 8.42 Å². The first kappa shape index (κ1) is 12.6. The molecule has 6 heteroatoms. The van der Waals surface area contributed by atoms with E-state index in [0.717, 1.165) is 12.8 Å². The minimum Gasteiger partial charge on any atom is -0.378 e. The van der Waals surface area contributed by atoms with Gasteiger partial charge in [0.2, 0.25) is 0 Å². The summed E-state index contributed by atoms with van der Waals surface area (Å²) >= 11 is 0. The monoisotopic (exact) mass is 280 g/mol. The van der Waals surface area contributed by atoms with Gasteiger partial charge in [-0.15, -0.1) is 0 Å². The maximum absolute atomic E-state index is 12.0. The van der Waals surface area contributed by atoms with E-state index in [0.29, 0.717) is 22.9 Å². The van der Waals surface area contributed by atoms with Crippen LogP contribution in [0.25, 0.3) is 0 Å². The number of benzene rings is 1. The number of amidine groups is 1. The van der Waals surface area contributed by atoms with Crippen molar-refractivity contribution >= 4 is 15.9 Å². The summed E-state index contributed by atoms with van der Waals surface area (Å²) in [5.74, 6) is 0.467. The summed E-state index contributed by atoms with van der Waals surface area (Å²) in [6, 6.07) is 7.05. The second kappa shape index (κ2) is 4.61. The second-order valence-corrected chi connectivity index (χ2v) is 6.59. The minimum absolute atomic E-state index is 0.118. The number of hydrogen-bond acceptors (Lipinski definition) is 4. The zero-order chi connectivity index (χ0) is 13.5. The van der Waals surface area contributed by atoms with Crippen LogP contribution in [-0.4, -0.2) is 33.0 Å². The summed E-state index contributed by atoms with van der Waals surface area (Å²) in [5.41, 5.74) is 0.668. The zero-order valence-corrected chi connectivity index (χ0v) is 11.5. The van der Waals surface area contributed by atoms with Gasteiger partial charge < -0.3 is 4.74 Å². The molecule has 5 nitrogen and oxygen atoms in total. The van der Waals surface area contributed by atoms with E-state index in [1.165, 1.54) is 0 Å². The standard InChI is InChI=1S/C13H16N2O3S/c1-9-8-10(6-7-18-9)14-13-11-4-2-3-5-12(11)19(16,17)15-13/h2-5,9-10H,6-8H2,1H3,(H,14,15). The van der Waals surface area contributed by atoms with Crippen molar-refractivity contribution in [1.29, 1.82) is 0 Å². The third kappa shape index (κ3) is 2.37. The van der Waals surface area contributed by atoms with Crippen LogP contribution in [-0.2, 0) is 14.8 Å². The van der Waals surface area contributed by atoms with Gasteiger partial charge in [0, 0.05) is 12.2 Å². The topological polar surface area (TPSA) is 67.8 Å². The first-order chi connectivity index (χ1) is 9.06. The minimum atomic E-state index is -3.43. The van der Waals surface area contributed by atoms with Gasteiger partial charge in [0.15, 0.2) is 0 Å². The molecule has 2 atom stereocenters. The molecule has 0 amide bonds. The molecule has 102 valence electrons. The Balaban J connectivity index is 1.95. The van der Waals surface area contributed by atoms with E-state index in [1.54, 1.807) is 18.2 Å². The number of aliphatic imine (C=N–C) groups is 1. The Hall–Kier alpha value is -1.40. The van der Waals surface area contributed by atoms with Crippen LogP contribution in [0.1, 0.15) is 25.3 Å². The van der Waals surface area contributed by atoms with Crippen molar-refractivity contribution in [1.82, 2.24) is 4.72 Å². The van der Waals surface area contributed by atoms with Crippen LogP contribution in [0.5, 0.6) is 0 Å². The van der Waals surface area contributed by atoms with Gasteiger partial charge in [-0.3, -0.25) is 9.71 Å². The third-order valence-corrected chi connectivity index (χ3v) is 4.83. The molecule has 1 saturated heterocycles. The van der Waals surface area contributed by atoms with Gasteiger partial charge in [-0.05, 0) is 31.9 Å². The molecule has 3 rings (SSSR count). The molecule has 1 aromatic rings. The predicted molar refractivity (Wildman–Crippen MR) is 71.7 cm³/mol. The van der Waals surface area contributed by atoms with E-state index < -0.39 is 10.0 Å². The molecule has 0 bridgehead atoms. The van der Waals surface area contributed by atoms with E-state index in [-0.39, 0.29) is 12.1 Å². The van der Waals surface area contributed by atoms with Crippen molar-refractivity contribution in [3.63, 3.8) is 0 Å². The number of sulfonamides is 1. The molecule has 1 N–H and O–H groups in total. The lowest BCUT2D eigenvalue weighted by Gasteiger charge is -2.24. The van der Waals surface area contributed by atoms with Gasteiger partial charge in [0.1, 0.15) is 5.84 Å². The summed E-state index contributed by atoms with van der Waals surface area (Å²) in [4.78, 5) is 4.88. The van der Waals surface area contributed by atoms with Gasteiger partial charge in [-0.2, -0.15) is 0 Å². The molecular weight excluding hydrogens is 264 g/mol. The molecule has 0 saturated carbocycles. The first-order valence-electron chi connectivity index (χ1n) is 6.38. The summed E-state index contributed by atoms with van der Waals surface area (Å²) in [7, 11) is -3.43. The zero-order valence-electron chi connectivity index (χ0n) is 10.7. The van der Waals surface area contributed by atoms with E-state index in [2.05, 4.69) is 9.71 Å². The van der Waals surface area contributed by atoms with E-state index >= 15 is 0 Å². The predicted octanol–water partition coefficient (Wildman–Crippen LogP) is 1.29. The molecule has 0 spiro atoms. The number of nitrogens with one attached hydrogen (secondary N) is 1. The fourth-order valence-corrected chi connectivity index (χ4v) is 3.74. The van der Waals surface area contributed by atoms with Crippen molar-refractivity contribution in [3.05, 3.63) is 29.8 Å². The van der Waals surface area contributed by atoms with Crippen LogP contribution in [0.2, 0.25) is 0 Å². The largest absolute Gasteiger partial charge is 0.378 e. The summed E-state index contributed by atoms with van der Waals surface area (Å²) < 4.78 is 31.9. The fourth-order valence-electron chi connectivity index (χ4n) is 2.50. The van der Waals surface area contributed by atoms with Gasteiger partial charge in [-0.1, -0.05) is 12.1 Å². The Labute approximate surface area is 112 Å². The van der Waals surface area contributed by atoms with Crippen LogP contribution in [0.4, 0.5) is 0 Å². The highest BCUT2D eigenvalue weighted by atomic mass is 32.2. The number of fused-ring (bicyclic) bond motifs is 1. The highest BCUT2D eigenvalue weighted by Gasteiger charge is 2.31. The summed E-state index contributed by atoms with van der Waals surface area (Å²) in [6.07, 6.45) is 1.84. The molecule has 0 aliphatic carbocycles. The highest BCUT2D eigenvalue weighted by Crippen LogP contribution is 2.24. The first-order valence-corrected chi connectivity index (χ1v) is 7.86. The number of ether oxygens (including phenoxy) is 1. The quantitative estimate of drug-likeness (QED) is 0.843. The average molecular weight is 280 g/mol. The van der Waals surface area contributed by atoms with Crippen molar-refractivity contribution in [3.8, 4) is 0 Å². The molecule has 2 aliphatic heterocycles. The molecule has 2 unspecified atom stereocenters. The molecule has 0 radical (unpaired) electrons. The maximum Gasteiger partial charge on any atom is 0.263 e. The maximum atomic E-state index is 12.0. The fraction of sp³-hybridized carbons (Fsp3) is 0.462. The molecule has 1 fully saturated rings. The lowest BCUT2D eigenvalue weighted by Crippen LogP contribution is -2.29. The lowest BCUT2D eigenvalue weighted by atomic mass is 10.0. The molecular formula is C13H16N2O3S. The van der Waals surface area contributed by atoms with Crippen LogP contribution in [0.3, 0.4) is 0 Å². The van der Waals surface area contributed by atoms with E-state index in [1.807, 2.05) is 13.0 Å². The van der Waals surface area contributed by atoms with Crippen LogP contribution in [0, 0.1) is 0 Å². The molecule has 19 heavy (non-hydrogen) atoms. The van der Waals surface area contributed by atoms with E-state index in [4.69, 9.17) is 4.74 Å². The van der Waals surface area contributed by atoms with Gasteiger partial charge in [0.25, 0.3) is 10.0 Å². The molecule has 2 heterocycles. The van der Waals surface area contributed by atoms with Crippen LogP contribution in [0.15, 0.2) is 34.2 Å². The van der Waals surface area contributed by atoms with Crippen molar-refractivity contribution in [2.75, 3.05) is 6.61 Å². The van der Waals surface area contributed by atoms with Gasteiger partial charge in [-0.25, -0.2) is 8.42 Å². The Bertz CT molecular complexity index is 625. The second-order valence-electron chi connectivity index (χ2n) is 4.94. The van der Waals surface area contributed by atoms with Crippen molar-refractivity contribution < 1.29 is 13.2 Å². The molecule has 2 aliphatic rings. The lowest BCUT2D eigenvalue weighted by molar-refractivity contribution is 0.0204. The van der Waals surface area contributed by atoms with Crippen molar-refractivity contribution in [2.45, 2.75) is 36.8 Å². The summed E-state index contributed by atoms with van der Waals surface area (Å²) in [5, 5.41) is 0. The number of hydrogen-bond donors (Lipinski definition) is 1. The van der Waals surface area contributed by atoms with Crippen LogP contribution >= 0.6 is 0 Å². The third-order valence-electron chi connectivity index (χ3n) is 3.43. The van der Waals surface area contributed by atoms with Gasteiger partial charge in [0.05, 0.1) is 17.0 Å². The Morgan fingerprint density at radius 3 is 2.95 bits per heavy atom. The number of rotatable bonds is 1. The average Bonchev–Trinajstić information content (AvgIpc) is 2.62. The van der Waals surface area contributed by atoms with Crippen molar-refractivity contribution in [2.24, 2.45) is 4.99 Å². The molecule has 1 aromatic carbocycles. The SMILES string of the molecule is CC1CC(N=C2NS(=O)(=O)c3ccccc32)CCO1. The smallest absolute Gasteiger partial charge is 0.263 e. The normalized spacial score (nSPS) is 30.9. The Morgan fingerprint density at radius 1 is 1.37 bits per heavy atom. The van der Waals surface area contributed by atoms with Crippen LogP contribution < -0.4 is 4.72 Å². The number of nitrogens with zero attached hydrogens (tertiary/aromatic N) is 1. The molecule has 0 aromatic heterocycles. The Morgan fingerprint density at radius 2 is 2.16 bits per heavy atom. The highest BCUT2D eigenvalue weighted by molar-refractivity contribution is 7.90. The Kier molecular flexibility index (Phi) is 3.06. The summed E-state index contributed by atoms with van der Waals surface area (Å²) in [6.45, 7) is 2.69.